The number of amides is 1. The van der Waals surface area contributed by atoms with E-state index in [1.807, 2.05) is 0 Å². The number of furan rings is 1. The first kappa shape index (κ1) is 15.3. The Morgan fingerprint density at radius 3 is 2.82 bits per heavy atom. The molecule has 4 nitrogen and oxygen atoms in total. The van der Waals surface area contributed by atoms with Crippen LogP contribution >= 0.6 is 11.3 Å². The summed E-state index contributed by atoms with van der Waals surface area (Å²) in [6.45, 7) is 1.00. The zero-order valence-corrected chi connectivity index (χ0v) is 13.5. The van der Waals surface area contributed by atoms with Gasteiger partial charge in [-0.2, -0.15) is 0 Å². The fraction of sp³-hybridized carbons (Fsp3) is 0.471. The van der Waals surface area contributed by atoms with Crippen LogP contribution in [-0.2, 0) is 12.0 Å². The number of hydrogen-bond donors (Lipinski definition) is 2. The zero-order valence-electron chi connectivity index (χ0n) is 12.6. The number of nitrogens with one attached hydrogen (secondary N) is 1. The predicted octanol–water partition coefficient (Wildman–Crippen LogP) is 3.43. The van der Waals surface area contributed by atoms with Gasteiger partial charge in [-0.1, -0.05) is 25.3 Å². The summed E-state index contributed by atoms with van der Waals surface area (Å²) in [6.07, 6.45) is 7.53. The van der Waals surface area contributed by atoms with Gasteiger partial charge in [-0.25, -0.2) is 0 Å². The topological polar surface area (TPSA) is 68.3 Å². The fourth-order valence-electron chi connectivity index (χ4n) is 3.28. The summed E-state index contributed by atoms with van der Waals surface area (Å²) in [6, 6.07) is 6.02. The number of carbonyl (C=O) groups is 1. The van der Waals surface area contributed by atoms with Crippen molar-refractivity contribution < 1.29 is 9.21 Å². The molecule has 0 aromatic carbocycles. The van der Waals surface area contributed by atoms with Crippen molar-refractivity contribution >= 4 is 17.2 Å². The number of nitrogens with two attached hydrogens (primary N) is 1. The lowest BCUT2D eigenvalue weighted by Gasteiger charge is -2.36. The van der Waals surface area contributed by atoms with Crippen molar-refractivity contribution in [2.75, 3.05) is 6.54 Å². The van der Waals surface area contributed by atoms with Crippen LogP contribution in [-0.4, -0.2) is 12.5 Å². The highest BCUT2D eigenvalue weighted by atomic mass is 32.1. The van der Waals surface area contributed by atoms with Crippen molar-refractivity contribution in [1.29, 1.82) is 0 Å². The lowest BCUT2D eigenvalue weighted by Crippen LogP contribution is -2.41. The predicted molar refractivity (Wildman–Crippen MR) is 88.0 cm³/mol. The van der Waals surface area contributed by atoms with E-state index < -0.39 is 0 Å². The Bertz CT molecular complexity index is 612. The minimum atomic E-state index is -0.0787. The van der Waals surface area contributed by atoms with Crippen LogP contribution in [0.15, 0.2) is 34.3 Å². The molecule has 1 aliphatic carbocycles. The molecular formula is C17H22N2O2S. The van der Waals surface area contributed by atoms with E-state index >= 15 is 0 Å². The molecular weight excluding hydrogens is 296 g/mol. The van der Waals surface area contributed by atoms with Crippen LogP contribution in [0.2, 0.25) is 0 Å². The first-order valence-electron chi connectivity index (χ1n) is 7.83. The molecule has 2 aromatic heterocycles. The Kier molecular flexibility index (Phi) is 4.64. The smallest absolute Gasteiger partial charge is 0.254 e. The van der Waals surface area contributed by atoms with E-state index in [9.17, 15) is 4.79 Å². The molecule has 0 unspecified atom stereocenters. The second-order valence-electron chi connectivity index (χ2n) is 6.01. The highest BCUT2D eigenvalue weighted by Gasteiger charge is 2.35. The molecule has 3 rings (SSSR count). The van der Waals surface area contributed by atoms with Gasteiger partial charge in [-0.05, 0) is 30.4 Å². The standard InChI is InChI=1S/C17H22N2O2S/c18-10-14-9-13(11-21-14)16(20)19-12-17(6-2-1-3-7-17)15-5-4-8-22-15/h4-5,8-9,11H,1-3,6-7,10,12,18H2,(H,19,20). The molecule has 1 fully saturated rings. The highest BCUT2D eigenvalue weighted by Crippen LogP contribution is 2.41. The summed E-state index contributed by atoms with van der Waals surface area (Å²) < 4.78 is 5.24. The molecule has 2 aromatic rings. The molecule has 0 atom stereocenters. The van der Waals surface area contributed by atoms with Crippen molar-refractivity contribution in [2.24, 2.45) is 5.73 Å². The summed E-state index contributed by atoms with van der Waals surface area (Å²) >= 11 is 1.80. The maximum Gasteiger partial charge on any atom is 0.254 e. The Balaban J connectivity index is 1.70. The van der Waals surface area contributed by atoms with E-state index in [4.69, 9.17) is 10.2 Å². The van der Waals surface area contributed by atoms with Crippen LogP contribution in [0.1, 0.15) is 53.1 Å². The molecule has 0 spiro atoms. The third kappa shape index (κ3) is 3.10. The van der Waals surface area contributed by atoms with Crippen molar-refractivity contribution in [3.8, 4) is 0 Å². The Morgan fingerprint density at radius 1 is 1.36 bits per heavy atom. The molecule has 1 amide bonds. The van der Waals surface area contributed by atoms with Gasteiger partial charge in [0.05, 0.1) is 12.1 Å². The Morgan fingerprint density at radius 2 is 2.18 bits per heavy atom. The van der Waals surface area contributed by atoms with E-state index in [1.165, 1.54) is 30.4 Å². The van der Waals surface area contributed by atoms with Gasteiger partial charge in [0, 0.05) is 16.8 Å². The third-order valence-electron chi connectivity index (χ3n) is 4.56. The largest absolute Gasteiger partial charge is 0.467 e. The number of hydrogen-bond acceptors (Lipinski definition) is 4. The second kappa shape index (κ2) is 6.67. The Hall–Kier alpha value is -1.59. The lowest BCUT2D eigenvalue weighted by molar-refractivity contribution is 0.0936. The van der Waals surface area contributed by atoms with Gasteiger partial charge >= 0.3 is 0 Å². The molecule has 1 saturated carbocycles. The van der Waals surface area contributed by atoms with Gasteiger partial charge in [0.1, 0.15) is 12.0 Å². The molecule has 118 valence electrons. The maximum absolute atomic E-state index is 12.3. The van der Waals surface area contributed by atoms with Crippen molar-refractivity contribution in [3.63, 3.8) is 0 Å². The molecule has 0 aliphatic heterocycles. The quantitative estimate of drug-likeness (QED) is 0.887. The molecule has 5 heteroatoms. The van der Waals surface area contributed by atoms with Crippen molar-refractivity contribution in [3.05, 3.63) is 46.0 Å². The normalized spacial score (nSPS) is 17.3. The lowest BCUT2D eigenvalue weighted by atomic mass is 9.73. The average Bonchev–Trinajstić information content (AvgIpc) is 3.24. The first-order chi connectivity index (χ1) is 10.7. The average molecular weight is 318 g/mol. The minimum absolute atomic E-state index is 0.0787. The van der Waals surface area contributed by atoms with E-state index in [0.717, 1.165) is 12.8 Å². The van der Waals surface area contributed by atoms with Gasteiger partial charge < -0.3 is 15.5 Å². The highest BCUT2D eigenvalue weighted by molar-refractivity contribution is 7.10. The van der Waals surface area contributed by atoms with Crippen LogP contribution in [0.25, 0.3) is 0 Å². The van der Waals surface area contributed by atoms with Gasteiger partial charge in [-0.3, -0.25) is 4.79 Å². The van der Waals surface area contributed by atoms with Crippen LogP contribution in [0.3, 0.4) is 0 Å². The number of thiophene rings is 1. The fourth-order valence-corrected chi connectivity index (χ4v) is 4.26. The van der Waals surface area contributed by atoms with Crippen LogP contribution in [0.5, 0.6) is 0 Å². The van der Waals surface area contributed by atoms with Crippen molar-refractivity contribution in [1.82, 2.24) is 5.32 Å². The number of rotatable bonds is 5. The van der Waals surface area contributed by atoms with E-state index in [2.05, 4.69) is 22.8 Å². The van der Waals surface area contributed by atoms with Gasteiger partial charge in [0.25, 0.3) is 5.91 Å². The van der Waals surface area contributed by atoms with E-state index in [0.29, 0.717) is 24.4 Å². The van der Waals surface area contributed by atoms with Crippen LogP contribution < -0.4 is 11.1 Å². The molecule has 0 bridgehead atoms. The molecule has 2 heterocycles. The number of carbonyl (C=O) groups excluding carboxylic acids is 1. The zero-order chi connectivity index (χ0) is 15.4. The Labute approximate surface area is 134 Å². The summed E-state index contributed by atoms with van der Waals surface area (Å²) in [5.74, 6) is 0.556. The molecule has 0 saturated heterocycles. The molecule has 3 N–H and O–H groups in total. The minimum Gasteiger partial charge on any atom is -0.467 e. The molecule has 0 radical (unpaired) electrons. The third-order valence-corrected chi connectivity index (χ3v) is 5.68. The van der Waals surface area contributed by atoms with Gasteiger partial charge in [0.15, 0.2) is 0 Å². The first-order valence-corrected chi connectivity index (χ1v) is 8.71. The van der Waals surface area contributed by atoms with E-state index in [-0.39, 0.29) is 11.3 Å². The molecule has 1 aliphatic rings. The van der Waals surface area contributed by atoms with E-state index in [1.54, 1.807) is 17.4 Å². The van der Waals surface area contributed by atoms with Crippen molar-refractivity contribution in [2.45, 2.75) is 44.1 Å². The molecule has 22 heavy (non-hydrogen) atoms. The maximum atomic E-state index is 12.3. The monoisotopic (exact) mass is 318 g/mol. The summed E-state index contributed by atoms with van der Waals surface area (Å²) in [5, 5.41) is 5.22. The SMILES string of the molecule is NCc1cc(C(=O)NCC2(c3cccs3)CCCCC2)co1. The van der Waals surface area contributed by atoms with Crippen LogP contribution in [0.4, 0.5) is 0 Å². The second-order valence-corrected chi connectivity index (χ2v) is 6.95. The van der Waals surface area contributed by atoms with Gasteiger partial charge in [-0.15, -0.1) is 11.3 Å². The van der Waals surface area contributed by atoms with Crippen LogP contribution in [0, 0.1) is 0 Å². The summed E-state index contributed by atoms with van der Waals surface area (Å²) in [4.78, 5) is 13.7. The summed E-state index contributed by atoms with van der Waals surface area (Å²) in [5.41, 5.74) is 6.17. The van der Waals surface area contributed by atoms with Gasteiger partial charge in [0.2, 0.25) is 0 Å². The summed E-state index contributed by atoms with van der Waals surface area (Å²) in [7, 11) is 0.